The number of alkyl halides is 3. The van der Waals surface area contributed by atoms with Crippen molar-refractivity contribution in [1.29, 1.82) is 0 Å². The number of carbonyl (C=O) groups is 2. The molecule has 1 aliphatic heterocycles. The minimum atomic E-state index is -4.62. The lowest BCUT2D eigenvalue weighted by Crippen LogP contribution is -2.33. The van der Waals surface area contributed by atoms with Crippen molar-refractivity contribution < 1.29 is 22.8 Å². The van der Waals surface area contributed by atoms with E-state index in [4.69, 9.17) is 11.6 Å². The molecule has 1 aromatic carbocycles. The molecule has 2 rings (SSSR count). The number of urea groups is 1. The van der Waals surface area contributed by atoms with Gasteiger partial charge >= 0.3 is 12.2 Å². The summed E-state index contributed by atoms with van der Waals surface area (Å²) in [5.74, 6) is 0.0930. The van der Waals surface area contributed by atoms with Gasteiger partial charge in [-0.25, -0.2) is 4.79 Å². The number of benzene rings is 1. The molecule has 132 valence electrons. The number of anilines is 1. The highest BCUT2D eigenvalue weighted by Crippen LogP contribution is 2.36. The van der Waals surface area contributed by atoms with Crippen molar-refractivity contribution in [2.75, 3.05) is 25.0 Å². The van der Waals surface area contributed by atoms with Gasteiger partial charge in [0.2, 0.25) is 5.91 Å². The van der Waals surface area contributed by atoms with Gasteiger partial charge in [0.15, 0.2) is 0 Å². The van der Waals surface area contributed by atoms with E-state index in [0.717, 1.165) is 18.6 Å². The summed E-state index contributed by atoms with van der Waals surface area (Å²) >= 11 is 5.58. The molecule has 1 aromatic rings. The monoisotopic (exact) mass is 363 g/mol. The first-order chi connectivity index (χ1) is 11.3. The molecule has 0 spiro atoms. The van der Waals surface area contributed by atoms with Gasteiger partial charge in [-0.1, -0.05) is 11.6 Å². The maximum absolute atomic E-state index is 12.9. The lowest BCUT2D eigenvalue weighted by Gasteiger charge is -2.16. The molecule has 5 nitrogen and oxygen atoms in total. The summed E-state index contributed by atoms with van der Waals surface area (Å²) in [5, 5.41) is 4.58. The fourth-order valence-corrected chi connectivity index (χ4v) is 2.61. The highest BCUT2D eigenvalue weighted by atomic mass is 35.5. The van der Waals surface area contributed by atoms with Gasteiger partial charge in [0.25, 0.3) is 0 Å². The highest BCUT2D eigenvalue weighted by Gasteiger charge is 2.34. The minimum absolute atomic E-state index is 0.0661. The molecule has 9 heteroatoms. The predicted molar refractivity (Wildman–Crippen MR) is 83.9 cm³/mol. The average Bonchev–Trinajstić information content (AvgIpc) is 2.90. The summed E-state index contributed by atoms with van der Waals surface area (Å²) in [7, 11) is 0. The Morgan fingerprint density at radius 1 is 1.33 bits per heavy atom. The van der Waals surface area contributed by atoms with Gasteiger partial charge in [0.1, 0.15) is 0 Å². The van der Waals surface area contributed by atoms with Crippen LogP contribution in [0.25, 0.3) is 0 Å². The van der Waals surface area contributed by atoms with E-state index in [-0.39, 0.29) is 23.2 Å². The van der Waals surface area contributed by atoms with Crippen molar-refractivity contribution in [3.63, 3.8) is 0 Å². The lowest BCUT2D eigenvalue weighted by molar-refractivity contribution is -0.137. The van der Waals surface area contributed by atoms with E-state index < -0.39 is 17.8 Å². The van der Waals surface area contributed by atoms with Crippen molar-refractivity contribution in [3.05, 3.63) is 28.8 Å². The maximum atomic E-state index is 12.9. The third-order valence-corrected chi connectivity index (χ3v) is 3.83. The van der Waals surface area contributed by atoms with Crippen molar-refractivity contribution in [1.82, 2.24) is 10.2 Å². The fourth-order valence-electron chi connectivity index (χ4n) is 2.44. The van der Waals surface area contributed by atoms with Crippen LogP contribution in [-0.4, -0.2) is 36.5 Å². The first kappa shape index (κ1) is 18.4. The highest BCUT2D eigenvalue weighted by molar-refractivity contribution is 6.30. The van der Waals surface area contributed by atoms with Crippen LogP contribution in [0.1, 0.15) is 24.8 Å². The second-order valence-electron chi connectivity index (χ2n) is 5.41. The number of hydrogen-bond donors (Lipinski definition) is 2. The quantitative estimate of drug-likeness (QED) is 0.787. The zero-order valence-corrected chi connectivity index (χ0v) is 13.5. The predicted octanol–water partition coefficient (Wildman–Crippen LogP) is 3.49. The molecule has 0 saturated carbocycles. The van der Waals surface area contributed by atoms with Gasteiger partial charge in [-0.05, 0) is 31.0 Å². The third kappa shape index (κ3) is 5.02. The van der Waals surface area contributed by atoms with Gasteiger partial charge in [0.05, 0.1) is 11.3 Å². The van der Waals surface area contributed by atoms with Crippen molar-refractivity contribution in [3.8, 4) is 0 Å². The zero-order chi connectivity index (χ0) is 17.7. The first-order valence-electron chi connectivity index (χ1n) is 7.47. The second kappa shape index (κ2) is 7.74. The van der Waals surface area contributed by atoms with Crippen LogP contribution in [0.5, 0.6) is 0 Å². The third-order valence-electron chi connectivity index (χ3n) is 3.60. The van der Waals surface area contributed by atoms with E-state index in [9.17, 15) is 22.8 Å². The molecule has 2 N–H and O–H groups in total. The van der Waals surface area contributed by atoms with E-state index in [1.807, 2.05) is 0 Å². The van der Waals surface area contributed by atoms with Crippen LogP contribution in [0.15, 0.2) is 18.2 Å². The Bertz CT molecular complexity index is 622. The van der Waals surface area contributed by atoms with Gasteiger partial charge in [-0.15, -0.1) is 0 Å². The van der Waals surface area contributed by atoms with E-state index in [1.54, 1.807) is 4.90 Å². The number of amides is 3. The van der Waals surface area contributed by atoms with Crippen LogP contribution in [0.2, 0.25) is 5.02 Å². The van der Waals surface area contributed by atoms with Gasteiger partial charge in [-0.2, -0.15) is 13.2 Å². The number of halogens is 4. The fraction of sp³-hybridized carbons (Fsp3) is 0.467. The minimum Gasteiger partial charge on any atom is -0.343 e. The number of carbonyl (C=O) groups excluding carboxylic acids is 2. The Kier molecular flexibility index (Phi) is 5.93. The molecule has 1 heterocycles. The summed E-state index contributed by atoms with van der Waals surface area (Å²) in [6.07, 6.45) is -2.70. The molecular weight excluding hydrogens is 347 g/mol. The SMILES string of the molecule is O=C(NCCCN1CCCC1=O)Nc1ccc(Cl)cc1C(F)(F)F. The average molecular weight is 364 g/mol. The molecule has 0 radical (unpaired) electrons. The maximum Gasteiger partial charge on any atom is 0.418 e. The number of nitrogens with zero attached hydrogens (tertiary/aromatic N) is 1. The summed E-state index contributed by atoms with van der Waals surface area (Å²) in [6.45, 7) is 1.49. The van der Waals surface area contributed by atoms with Crippen LogP contribution < -0.4 is 10.6 Å². The number of nitrogens with one attached hydrogen (secondary N) is 2. The summed E-state index contributed by atoms with van der Waals surface area (Å²) in [5.41, 5.74) is -1.37. The van der Waals surface area contributed by atoms with Crippen LogP contribution in [0.4, 0.5) is 23.7 Å². The van der Waals surface area contributed by atoms with E-state index >= 15 is 0 Å². The number of hydrogen-bond acceptors (Lipinski definition) is 2. The number of likely N-dealkylation sites (tertiary alicyclic amines) is 1. The molecule has 0 aromatic heterocycles. The van der Waals surface area contributed by atoms with Crippen LogP contribution in [0.3, 0.4) is 0 Å². The van der Waals surface area contributed by atoms with E-state index in [0.29, 0.717) is 25.9 Å². The largest absolute Gasteiger partial charge is 0.418 e. The van der Waals surface area contributed by atoms with Crippen LogP contribution in [-0.2, 0) is 11.0 Å². The first-order valence-corrected chi connectivity index (χ1v) is 7.84. The molecule has 0 unspecified atom stereocenters. The molecule has 0 aliphatic carbocycles. The molecule has 1 saturated heterocycles. The van der Waals surface area contributed by atoms with Crippen molar-refractivity contribution in [2.24, 2.45) is 0 Å². The Balaban J connectivity index is 1.83. The Hall–Kier alpha value is -1.96. The van der Waals surface area contributed by atoms with E-state index in [1.165, 1.54) is 6.07 Å². The Morgan fingerprint density at radius 2 is 2.08 bits per heavy atom. The molecule has 0 atom stereocenters. The molecular formula is C15H17ClF3N3O2. The molecule has 1 aliphatic rings. The summed E-state index contributed by atoms with van der Waals surface area (Å²) < 4.78 is 38.8. The Labute approximate surface area is 142 Å². The van der Waals surface area contributed by atoms with Crippen molar-refractivity contribution >= 4 is 29.2 Å². The molecule has 1 fully saturated rings. The molecule has 0 bridgehead atoms. The van der Waals surface area contributed by atoms with Crippen molar-refractivity contribution in [2.45, 2.75) is 25.4 Å². The lowest BCUT2D eigenvalue weighted by atomic mass is 10.1. The topological polar surface area (TPSA) is 61.4 Å². The van der Waals surface area contributed by atoms with Gasteiger partial charge in [0, 0.05) is 31.1 Å². The summed E-state index contributed by atoms with van der Waals surface area (Å²) in [4.78, 5) is 24.9. The smallest absolute Gasteiger partial charge is 0.343 e. The molecule has 24 heavy (non-hydrogen) atoms. The van der Waals surface area contributed by atoms with Crippen LogP contribution in [0, 0.1) is 0 Å². The standard InChI is InChI=1S/C15H17ClF3N3O2/c16-10-4-5-12(11(9-10)15(17,18)19)21-14(24)20-6-2-8-22-7-1-3-13(22)23/h4-5,9H,1-3,6-8H2,(H2,20,21,24). The normalized spacial score (nSPS) is 14.8. The van der Waals surface area contributed by atoms with E-state index in [2.05, 4.69) is 10.6 Å². The second-order valence-corrected chi connectivity index (χ2v) is 5.84. The zero-order valence-electron chi connectivity index (χ0n) is 12.8. The number of rotatable bonds is 5. The summed E-state index contributed by atoms with van der Waals surface area (Å²) in [6, 6.07) is 2.39. The Morgan fingerprint density at radius 3 is 2.71 bits per heavy atom. The van der Waals surface area contributed by atoms with Crippen LogP contribution >= 0.6 is 11.6 Å². The van der Waals surface area contributed by atoms with Gasteiger partial charge < -0.3 is 15.5 Å². The molecule has 3 amide bonds. The van der Waals surface area contributed by atoms with Gasteiger partial charge in [-0.3, -0.25) is 4.79 Å².